The molecule has 0 fully saturated rings. The first kappa shape index (κ1) is 18.5. The molecule has 0 saturated heterocycles. The molecular weight excluding hydrogens is 420 g/mol. The van der Waals surface area contributed by atoms with Gasteiger partial charge in [0.25, 0.3) is 0 Å². The summed E-state index contributed by atoms with van der Waals surface area (Å²) in [4.78, 5) is 13.2. The Morgan fingerprint density at radius 1 is 1.27 bits per heavy atom. The molecule has 26 heavy (non-hydrogen) atoms. The van der Waals surface area contributed by atoms with E-state index < -0.39 is 12.1 Å². The minimum Gasteiger partial charge on any atom is -0.465 e. The van der Waals surface area contributed by atoms with Crippen LogP contribution in [0.25, 0.3) is 11.3 Å². The van der Waals surface area contributed by atoms with Gasteiger partial charge in [0, 0.05) is 15.9 Å². The SMILES string of the molecule is CC(c1ccccc1Cl)N(C(=O)O)c1conc1-c1ccc(CBr)cc1. The standard InChI is InChI=1S/C19H16BrClN2O3/c1-12(15-4-2-3-5-16(15)21)23(19(24)25)17-11-26-22-18(17)14-8-6-13(10-20)7-9-14/h2-9,11-12H,10H2,1H3,(H,24,25). The normalized spacial score (nSPS) is 12.0. The molecule has 0 radical (unpaired) electrons. The minimum absolute atomic E-state index is 0.372. The van der Waals surface area contributed by atoms with Gasteiger partial charge in [0.2, 0.25) is 0 Å². The van der Waals surface area contributed by atoms with E-state index in [-0.39, 0.29) is 0 Å². The molecule has 1 N–H and O–H groups in total. The van der Waals surface area contributed by atoms with Gasteiger partial charge in [0.1, 0.15) is 17.6 Å². The fourth-order valence-corrected chi connectivity index (χ4v) is 3.45. The quantitative estimate of drug-likeness (QED) is 0.489. The molecule has 7 heteroatoms. The predicted octanol–water partition coefficient (Wildman–Crippen LogP) is 6.14. The number of halogens is 2. The molecule has 134 valence electrons. The first-order valence-corrected chi connectivity index (χ1v) is 9.39. The number of carboxylic acid groups (broad SMARTS) is 1. The van der Waals surface area contributed by atoms with E-state index in [1.807, 2.05) is 30.3 Å². The van der Waals surface area contributed by atoms with Crippen molar-refractivity contribution < 1.29 is 14.4 Å². The lowest BCUT2D eigenvalue weighted by Gasteiger charge is -2.26. The van der Waals surface area contributed by atoms with Crippen LogP contribution in [-0.4, -0.2) is 16.4 Å². The van der Waals surface area contributed by atoms with Crippen LogP contribution >= 0.6 is 27.5 Å². The summed E-state index contributed by atoms with van der Waals surface area (Å²) in [5.41, 5.74) is 3.43. The van der Waals surface area contributed by atoms with E-state index in [1.165, 1.54) is 11.2 Å². The zero-order valence-electron chi connectivity index (χ0n) is 13.9. The Hall–Kier alpha value is -2.31. The van der Waals surface area contributed by atoms with E-state index in [9.17, 15) is 9.90 Å². The molecule has 0 aliphatic carbocycles. The number of amides is 1. The molecule has 0 saturated carbocycles. The van der Waals surface area contributed by atoms with Crippen LogP contribution in [0, 0.1) is 0 Å². The molecule has 1 heterocycles. The van der Waals surface area contributed by atoms with Crippen molar-refractivity contribution >= 4 is 39.3 Å². The number of aromatic nitrogens is 1. The van der Waals surface area contributed by atoms with Crippen LogP contribution < -0.4 is 4.90 Å². The average molecular weight is 436 g/mol. The number of carbonyl (C=O) groups is 1. The lowest BCUT2D eigenvalue weighted by atomic mass is 10.0. The summed E-state index contributed by atoms with van der Waals surface area (Å²) in [5.74, 6) is 0. The van der Waals surface area contributed by atoms with Gasteiger partial charge in [-0.3, -0.25) is 4.90 Å². The maximum atomic E-state index is 12.0. The number of anilines is 1. The largest absolute Gasteiger partial charge is 0.465 e. The van der Waals surface area contributed by atoms with Crippen LogP contribution in [-0.2, 0) is 5.33 Å². The van der Waals surface area contributed by atoms with Gasteiger partial charge in [-0.15, -0.1) is 0 Å². The molecule has 5 nitrogen and oxygen atoms in total. The fourth-order valence-electron chi connectivity index (χ4n) is 2.79. The Morgan fingerprint density at radius 2 is 1.96 bits per heavy atom. The summed E-state index contributed by atoms with van der Waals surface area (Å²) in [6.07, 6.45) is 0.230. The maximum Gasteiger partial charge on any atom is 0.412 e. The van der Waals surface area contributed by atoms with Crippen molar-refractivity contribution in [2.45, 2.75) is 18.3 Å². The Bertz CT molecular complexity index is 911. The Balaban J connectivity index is 2.03. The van der Waals surface area contributed by atoms with Crippen molar-refractivity contribution in [2.75, 3.05) is 4.90 Å². The van der Waals surface area contributed by atoms with Gasteiger partial charge in [0.15, 0.2) is 0 Å². The number of rotatable bonds is 5. The Morgan fingerprint density at radius 3 is 2.58 bits per heavy atom. The van der Waals surface area contributed by atoms with Crippen molar-refractivity contribution in [3.63, 3.8) is 0 Å². The second kappa shape index (κ2) is 7.93. The molecule has 0 bridgehead atoms. The van der Waals surface area contributed by atoms with Crippen LogP contribution in [0.2, 0.25) is 5.02 Å². The summed E-state index contributed by atoms with van der Waals surface area (Å²) in [7, 11) is 0. The molecule has 3 aromatic rings. The van der Waals surface area contributed by atoms with Gasteiger partial charge in [-0.2, -0.15) is 0 Å². The third kappa shape index (κ3) is 3.61. The zero-order valence-corrected chi connectivity index (χ0v) is 16.2. The lowest BCUT2D eigenvalue weighted by molar-refractivity contribution is 0.199. The van der Waals surface area contributed by atoms with Crippen LogP contribution in [0.1, 0.15) is 24.1 Å². The van der Waals surface area contributed by atoms with Gasteiger partial charge >= 0.3 is 6.09 Å². The molecule has 3 rings (SSSR count). The number of nitrogens with zero attached hydrogens (tertiary/aromatic N) is 2. The monoisotopic (exact) mass is 434 g/mol. The molecule has 2 aromatic carbocycles. The number of hydrogen-bond acceptors (Lipinski definition) is 3. The van der Waals surface area contributed by atoms with Crippen LogP contribution in [0.15, 0.2) is 59.3 Å². The van der Waals surface area contributed by atoms with Crippen molar-refractivity contribution in [3.05, 3.63) is 70.9 Å². The summed E-state index contributed by atoms with van der Waals surface area (Å²) >= 11 is 9.66. The summed E-state index contributed by atoms with van der Waals surface area (Å²) in [6, 6.07) is 14.3. The van der Waals surface area contributed by atoms with Gasteiger partial charge in [-0.25, -0.2) is 4.79 Å². The second-order valence-corrected chi connectivity index (χ2v) is 6.70. The van der Waals surface area contributed by atoms with E-state index >= 15 is 0 Å². The highest BCUT2D eigenvalue weighted by Crippen LogP contribution is 2.37. The van der Waals surface area contributed by atoms with Gasteiger partial charge < -0.3 is 9.63 Å². The molecular formula is C19H16BrClN2O3. The van der Waals surface area contributed by atoms with Crippen molar-refractivity contribution in [2.24, 2.45) is 0 Å². The van der Waals surface area contributed by atoms with Gasteiger partial charge in [-0.05, 0) is 24.1 Å². The minimum atomic E-state index is -1.11. The van der Waals surface area contributed by atoms with E-state index in [4.69, 9.17) is 16.1 Å². The number of hydrogen-bond donors (Lipinski definition) is 1. The van der Waals surface area contributed by atoms with Crippen LogP contribution in [0.5, 0.6) is 0 Å². The topological polar surface area (TPSA) is 66.6 Å². The second-order valence-electron chi connectivity index (χ2n) is 5.73. The van der Waals surface area contributed by atoms with E-state index in [2.05, 4.69) is 21.1 Å². The number of alkyl halides is 1. The molecule has 0 aliphatic rings. The highest BCUT2D eigenvalue weighted by molar-refractivity contribution is 9.08. The smallest absolute Gasteiger partial charge is 0.412 e. The van der Waals surface area contributed by atoms with Crippen LogP contribution in [0.4, 0.5) is 10.5 Å². The highest BCUT2D eigenvalue weighted by Gasteiger charge is 2.29. The van der Waals surface area contributed by atoms with Crippen molar-refractivity contribution in [3.8, 4) is 11.3 Å². The van der Waals surface area contributed by atoms with E-state index in [1.54, 1.807) is 25.1 Å². The fraction of sp³-hybridized carbons (Fsp3) is 0.158. The van der Waals surface area contributed by atoms with Crippen LogP contribution in [0.3, 0.4) is 0 Å². The summed E-state index contributed by atoms with van der Waals surface area (Å²) < 4.78 is 5.11. The first-order valence-electron chi connectivity index (χ1n) is 7.89. The summed E-state index contributed by atoms with van der Waals surface area (Å²) in [5, 5.41) is 15.1. The van der Waals surface area contributed by atoms with Gasteiger partial charge in [0.05, 0.1) is 6.04 Å². The molecule has 1 atom stereocenters. The third-order valence-corrected chi connectivity index (χ3v) is 5.13. The maximum absolute atomic E-state index is 12.0. The number of benzene rings is 2. The third-order valence-electron chi connectivity index (χ3n) is 4.14. The van der Waals surface area contributed by atoms with E-state index in [0.29, 0.717) is 22.0 Å². The van der Waals surface area contributed by atoms with Gasteiger partial charge in [-0.1, -0.05) is 75.2 Å². The molecule has 1 unspecified atom stereocenters. The lowest BCUT2D eigenvalue weighted by Crippen LogP contribution is -2.32. The molecule has 1 amide bonds. The van der Waals surface area contributed by atoms with E-state index in [0.717, 1.165) is 16.5 Å². The molecule has 0 aliphatic heterocycles. The van der Waals surface area contributed by atoms with Crippen molar-refractivity contribution in [1.82, 2.24) is 5.16 Å². The molecule has 0 spiro atoms. The predicted molar refractivity (Wildman–Crippen MR) is 105 cm³/mol. The Labute approximate surface area is 164 Å². The highest BCUT2D eigenvalue weighted by atomic mass is 79.9. The summed E-state index contributed by atoms with van der Waals surface area (Å²) in [6.45, 7) is 1.78. The molecule has 1 aromatic heterocycles. The van der Waals surface area contributed by atoms with Crippen molar-refractivity contribution in [1.29, 1.82) is 0 Å². The zero-order chi connectivity index (χ0) is 18.7. The average Bonchev–Trinajstić information content (AvgIpc) is 3.11. The Kier molecular flexibility index (Phi) is 5.64. The first-order chi connectivity index (χ1) is 12.5.